The van der Waals surface area contributed by atoms with Crippen molar-refractivity contribution in [1.29, 1.82) is 0 Å². The van der Waals surface area contributed by atoms with E-state index in [1.54, 1.807) is 24.1 Å². The molecule has 3 aromatic rings. The molecule has 1 N–H and O–H groups in total. The molecule has 0 unspecified atom stereocenters. The number of aromatic nitrogens is 2. The minimum absolute atomic E-state index is 0.0245. The Morgan fingerprint density at radius 3 is 2.60 bits per heavy atom. The molecule has 0 bridgehead atoms. The third kappa shape index (κ3) is 7.86. The number of nitrogens with zero attached hydrogens (tertiary/aromatic N) is 4. The number of halogens is 1. The Labute approximate surface area is 260 Å². The van der Waals surface area contributed by atoms with Crippen molar-refractivity contribution in [3.05, 3.63) is 72.1 Å². The molecule has 12 heteroatoms. The molecular formula is C33H34FN5O6. The predicted molar refractivity (Wildman–Crippen MR) is 163 cm³/mol. The Morgan fingerprint density at radius 1 is 1.09 bits per heavy atom. The number of benzene rings is 1. The van der Waals surface area contributed by atoms with Gasteiger partial charge in [0.15, 0.2) is 5.75 Å². The van der Waals surface area contributed by atoms with Gasteiger partial charge in [-0.1, -0.05) is 11.8 Å². The molecule has 2 aromatic heterocycles. The van der Waals surface area contributed by atoms with Crippen LogP contribution in [0.3, 0.4) is 0 Å². The predicted octanol–water partition coefficient (Wildman–Crippen LogP) is 4.56. The van der Waals surface area contributed by atoms with Gasteiger partial charge in [0.05, 0.1) is 5.69 Å². The number of amides is 3. The topological polar surface area (TPSA) is 123 Å². The van der Waals surface area contributed by atoms with Crippen LogP contribution < -0.4 is 19.7 Å². The molecule has 11 nitrogen and oxygen atoms in total. The lowest BCUT2D eigenvalue weighted by atomic mass is 9.97. The number of likely N-dealkylation sites (tertiary alicyclic amines) is 1. The molecule has 234 valence electrons. The van der Waals surface area contributed by atoms with E-state index in [9.17, 15) is 18.8 Å². The van der Waals surface area contributed by atoms with Crippen LogP contribution in [0.15, 0.2) is 54.9 Å². The van der Waals surface area contributed by atoms with Gasteiger partial charge in [0.2, 0.25) is 0 Å². The van der Waals surface area contributed by atoms with E-state index >= 15 is 0 Å². The molecule has 3 amide bonds. The van der Waals surface area contributed by atoms with Crippen LogP contribution >= 0.6 is 0 Å². The zero-order valence-electron chi connectivity index (χ0n) is 25.5. The van der Waals surface area contributed by atoms with Crippen molar-refractivity contribution in [3.63, 3.8) is 0 Å². The van der Waals surface area contributed by atoms with Gasteiger partial charge < -0.3 is 29.3 Å². The number of pyridine rings is 2. The monoisotopic (exact) mass is 615 g/mol. The fraction of sp³-hybridized carbons (Fsp3) is 0.364. The molecule has 1 atom stereocenters. The number of piperidine rings is 1. The second-order valence-corrected chi connectivity index (χ2v) is 11.7. The lowest BCUT2D eigenvalue weighted by molar-refractivity contribution is -0.120. The highest BCUT2D eigenvalue weighted by Crippen LogP contribution is 2.32. The van der Waals surface area contributed by atoms with Crippen LogP contribution in [0.2, 0.25) is 0 Å². The van der Waals surface area contributed by atoms with Crippen LogP contribution in [0.25, 0.3) is 0 Å². The lowest BCUT2D eigenvalue weighted by Crippen LogP contribution is -2.49. The SMILES string of the molecule is CN1C(=O)[C@@H](NC(=O)c2cc(Oc3cccnc3F)ccn2)COc2ccc(C#CC3CCN(C(=O)OC(C)(C)C)CC3)cc21. The number of nitrogens with one attached hydrogen (secondary N) is 1. The highest BCUT2D eigenvalue weighted by molar-refractivity contribution is 6.03. The summed E-state index contributed by atoms with van der Waals surface area (Å²) < 4.78 is 30.8. The summed E-state index contributed by atoms with van der Waals surface area (Å²) >= 11 is 0. The summed E-state index contributed by atoms with van der Waals surface area (Å²) in [6.45, 7) is 6.60. The van der Waals surface area contributed by atoms with Gasteiger partial charge in [0, 0.05) is 50.1 Å². The summed E-state index contributed by atoms with van der Waals surface area (Å²) in [5.41, 5.74) is 0.671. The largest absolute Gasteiger partial charge is 0.489 e. The summed E-state index contributed by atoms with van der Waals surface area (Å²) in [7, 11) is 1.60. The Kier molecular flexibility index (Phi) is 9.18. The molecule has 45 heavy (non-hydrogen) atoms. The zero-order chi connectivity index (χ0) is 32.1. The Bertz CT molecular complexity index is 1650. The quantitative estimate of drug-likeness (QED) is 0.335. The van der Waals surface area contributed by atoms with E-state index in [1.807, 2.05) is 26.8 Å². The second-order valence-electron chi connectivity index (χ2n) is 11.7. The maximum atomic E-state index is 13.9. The molecule has 1 aromatic carbocycles. The molecule has 5 rings (SSSR count). The summed E-state index contributed by atoms with van der Waals surface area (Å²) in [6.07, 6.45) is 3.82. The van der Waals surface area contributed by atoms with Crippen molar-refractivity contribution in [2.45, 2.75) is 45.3 Å². The number of ether oxygens (including phenoxy) is 3. The van der Waals surface area contributed by atoms with Crippen LogP contribution in [0.5, 0.6) is 17.2 Å². The molecule has 0 spiro atoms. The molecule has 0 aliphatic carbocycles. The van der Waals surface area contributed by atoms with Crippen LogP contribution in [-0.4, -0.2) is 71.2 Å². The van der Waals surface area contributed by atoms with Crippen molar-refractivity contribution in [3.8, 4) is 29.1 Å². The van der Waals surface area contributed by atoms with Crippen molar-refractivity contribution in [2.75, 3.05) is 31.6 Å². The van der Waals surface area contributed by atoms with E-state index in [1.165, 1.54) is 41.6 Å². The van der Waals surface area contributed by atoms with Gasteiger partial charge >= 0.3 is 6.09 Å². The van der Waals surface area contributed by atoms with Gasteiger partial charge in [-0.3, -0.25) is 14.6 Å². The van der Waals surface area contributed by atoms with E-state index in [4.69, 9.17) is 14.2 Å². The van der Waals surface area contributed by atoms with Gasteiger partial charge in [0.1, 0.15) is 35.4 Å². The van der Waals surface area contributed by atoms with Gasteiger partial charge in [-0.25, -0.2) is 9.78 Å². The van der Waals surface area contributed by atoms with E-state index in [0.717, 1.165) is 12.8 Å². The summed E-state index contributed by atoms with van der Waals surface area (Å²) in [4.78, 5) is 49.5. The average Bonchev–Trinajstić information content (AvgIpc) is 3.12. The van der Waals surface area contributed by atoms with Crippen LogP contribution in [0.4, 0.5) is 14.9 Å². The normalized spacial score (nSPS) is 16.8. The first-order valence-corrected chi connectivity index (χ1v) is 14.6. The third-order valence-corrected chi connectivity index (χ3v) is 7.14. The number of anilines is 1. The Morgan fingerprint density at radius 2 is 1.87 bits per heavy atom. The minimum atomic E-state index is -0.998. The molecule has 1 saturated heterocycles. The second kappa shape index (κ2) is 13.2. The van der Waals surface area contributed by atoms with E-state index in [-0.39, 0.29) is 41.7 Å². The average molecular weight is 616 g/mol. The number of rotatable bonds is 4. The number of carbonyl (C=O) groups is 3. The molecule has 0 radical (unpaired) electrons. The molecule has 2 aliphatic rings. The molecule has 0 saturated carbocycles. The lowest BCUT2D eigenvalue weighted by Gasteiger charge is -2.31. The van der Waals surface area contributed by atoms with Gasteiger partial charge in [-0.2, -0.15) is 4.39 Å². The highest BCUT2D eigenvalue weighted by atomic mass is 19.1. The molecule has 2 aliphatic heterocycles. The van der Waals surface area contributed by atoms with Crippen LogP contribution in [0.1, 0.15) is 49.7 Å². The minimum Gasteiger partial charge on any atom is -0.489 e. The fourth-order valence-electron chi connectivity index (χ4n) is 4.80. The fourth-order valence-corrected chi connectivity index (χ4v) is 4.80. The highest BCUT2D eigenvalue weighted by Gasteiger charge is 2.31. The van der Waals surface area contributed by atoms with Gasteiger partial charge in [0.25, 0.3) is 17.8 Å². The van der Waals surface area contributed by atoms with E-state index in [0.29, 0.717) is 30.1 Å². The molecule has 4 heterocycles. The number of hydrogen-bond donors (Lipinski definition) is 1. The standard InChI is InChI=1S/C33H34FN5O6/c1-33(2,3)45-32(42)39-16-12-21(13-17-39)7-8-22-9-10-27-26(18-22)38(4)31(41)25(20-43-27)37-30(40)24-19-23(11-15-35-24)44-28-6-5-14-36-29(28)34/h5-6,9-11,14-15,18-19,21,25H,12-13,16-17,20H2,1-4H3,(H,37,40)/t25-/m0/s1. The van der Waals surface area contributed by atoms with Gasteiger partial charge in [-0.05, 0) is 70.0 Å². The number of hydrogen-bond acceptors (Lipinski definition) is 8. The van der Waals surface area contributed by atoms with Crippen LogP contribution in [0, 0.1) is 23.7 Å². The summed E-state index contributed by atoms with van der Waals surface area (Å²) in [5.74, 6) is 5.37. The number of fused-ring (bicyclic) bond motifs is 1. The van der Waals surface area contributed by atoms with Crippen molar-refractivity contribution in [2.24, 2.45) is 5.92 Å². The maximum absolute atomic E-state index is 13.9. The summed E-state index contributed by atoms with van der Waals surface area (Å²) in [6, 6.07) is 10.1. The Balaban J connectivity index is 1.20. The van der Waals surface area contributed by atoms with E-state index in [2.05, 4.69) is 27.1 Å². The first kappa shape index (κ1) is 31.3. The number of likely N-dealkylation sites (N-methyl/N-ethyl adjacent to an activating group) is 1. The van der Waals surface area contributed by atoms with Crippen molar-refractivity contribution < 1.29 is 33.0 Å². The molecular weight excluding hydrogens is 581 g/mol. The number of carbonyl (C=O) groups excluding carboxylic acids is 3. The zero-order valence-corrected chi connectivity index (χ0v) is 25.5. The van der Waals surface area contributed by atoms with E-state index < -0.39 is 23.5 Å². The molecule has 1 fully saturated rings. The third-order valence-electron chi connectivity index (χ3n) is 7.14. The smallest absolute Gasteiger partial charge is 0.410 e. The van der Waals surface area contributed by atoms with Gasteiger partial charge in [-0.15, -0.1) is 0 Å². The van der Waals surface area contributed by atoms with Crippen LogP contribution in [-0.2, 0) is 9.53 Å². The Hall–Kier alpha value is -5.18. The maximum Gasteiger partial charge on any atom is 0.410 e. The first-order valence-electron chi connectivity index (χ1n) is 14.6. The summed E-state index contributed by atoms with van der Waals surface area (Å²) in [5, 5.41) is 2.67. The first-order chi connectivity index (χ1) is 21.5. The van der Waals surface area contributed by atoms with Crippen molar-refractivity contribution >= 4 is 23.6 Å². The van der Waals surface area contributed by atoms with Crippen molar-refractivity contribution in [1.82, 2.24) is 20.2 Å².